The van der Waals surface area contributed by atoms with Crippen LogP contribution in [0.1, 0.15) is 6.42 Å². The molecule has 0 unspecified atom stereocenters. The average Bonchev–Trinajstić information content (AvgIpc) is 1.41. The molecule has 3 heteroatoms. The van der Waals surface area contributed by atoms with Gasteiger partial charge in [-0.1, -0.05) is 0 Å². The predicted molar refractivity (Wildman–Crippen MR) is 31.5 cm³/mol. The number of rotatable bonds is 2. The van der Waals surface area contributed by atoms with Crippen molar-refractivity contribution in [3.05, 3.63) is 0 Å². The zero-order chi connectivity index (χ0) is 4.12. The predicted octanol–water partition coefficient (Wildman–Crippen LogP) is 0.169. The molecule has 10 radical (unpaired) electrons. The van der Waals surface area contributed by atoms with Gasteiger partial charge in [0.1, 0.15) is 0 Å². The van der Waals surface area contributed by atoms with Crippen LogP contribution in [0.2, 0.25) is 8.87 Å². The van der Waals surface area contributed by atoms with Crippen LogP contribution < -0.4 is 0 Å². The van der Waals surface area contributed by atoms with Gasteiger partial charge in [0, 0.05) is 23.9 Å². The molecule has 0 amide bonds. The molecule has 0 spiro atoms. The quantitative estimate of drug-likeness (QED) is 0.582. The first-order chi connectivity index (χ1) is 2.41. The van der Waals surface area contributed by atoms with Gasteiger partial charge in [0.15, 0.2) is 0 Å². The minimum atomic E-state index is 0. The second kappa shape index (κ2) is 10.4. The second-order valence-corrected chi connectivity index (χ2v) is 3.71. The normalized spacial score (nSPS) is 7.00. The van der Waals surface area contributed by atoms with Crippen LogP contribution in [0.25, 0.3) is 0 Å². The van der Waals surface area contributed by atoms with E-state index in [0.717, 1.165) is 0 Å². The summed E-state index contributed by atoms with van der Waals surface area (Å²) >= 11 is 3.40. The van der Waals surface area contributed by atoms with Crippen LogP contribution in [-0.2, 0) is 0 Å². The van der Waals surface area contributed by atoms with E-state index in [4.69, 9.17) is 0 Å². The van der Waals surface area contributed by atoms with Crippen molar-refractivity contribution >= 4 is 69.0 Å². The van der Waals surface area contributed by atoms with Crippen LogP contribution in [0.5, 0.6) is 0 Å². The molecule has 0 aromatic heterocycles. The van der Waals surface area contributed by atoms with Gasteiger partial charge in [-0.3, -0.25) is 0 Å². The average molecular weight is 398 g/mol. The van der Waals surface area contributed by atoms with Crippen molar-refractivity contribution in [2.24, 2.45) is 0 Å². The Morgan fingerprint density at radius 3 is 1.33 bits per heavy atom. The molecule has 0 aromatic carbocycles. The van der Waals surface area contributed by atoms with E-state index in [1.807, 2.05) is 0 Å². The molecule has 6 heavy (non-hydrogen) atoms. The first-order valence-electron chi connectivity index (χ1n) is 1.71. The Morgan fingerprint density at radius 1 is 1.00 bits per heavy atom. The van der Waals surface area contributed by atoms with Crippen molar-refractivity contribution in [1.29, 1.82) is 0 Å². The standard InChI is InChI=1S/C3H6.3Sn/c1-3-2;;;/h1-3H2;;;. The molecule has 0 aliphatic rings. The van der Waals surface area contributed by atoms with Crippen molar-refractivity contribution in [1.82, 2.24) is 0 Å². The molecule has 0 aliphatic heterocycles. The molecule has 0 saturated heterocycles. The Morgan fingerprint density at radius 2 is 1.33 bits per heavy atom. The molecule has 30 valence electrons. The maximum atomic E-state index is 1.70. The summed E-state index contributed by atoms with van der Waals surface area (Å²) in [6.07, 6.45) is 1.47. The van der Waals surface area contributed by atoms with E-state index in [-0.39, 0.29) is 23.9 Å². The molecule has 0 atom stereocenters. The fourth-order valence-corrected chi connectivity index (χ4v) is 3.98. The Bertz CT molecular complexity index is 13.5. The van der Waals surface area contributed by atoms with Crippen LogP contribution >= 0.6 is 0 Å². The molecule has 0 bridgehead atoms. The van der Waals surface area contributed by atoms with Crippen LogP contribution in [-0.4, -0.2) is 69.0 Å². The van der Waals surface area contributed by atoms with Crippen LogP contribution in [0.3, 0.4) is 0 Å². The fraction of sp³-hybridized carbons (Fsp3) is 1.00. The van der Waals surface area contributed by atoms with Crippen LogP contribution in [0.4, 0.5) is 0 Å². The van der Waals surface area contributed by atoms with Gasteiger partial charge in [-0.25, -0.2) is 0 Å². The summed E-state index contributed by atoms with van der Waals surface area (Å²) < 4.78 is 2.91. The summed E-state index contributed by atoms with van der Waals surface area (Å²) in [5, 5.41) is 0. The van der Waals surface area contributed by atoms with Crippen molar-refractivity contribution in [2.75, 3.05) is 0 Å². The summed E-state index contributed by atoms with van der Waals surface area (Å²) in [5.74, 6) is 0. The van der Waals surface area contributed by atoms with Gasteiger partial charge in [0.25, 0.3) is 0 Å². The first-order valence-corrected chi connectivity index (χ1v) is 5.74. The Labute approximate surface area is 83.0 Å². The van der Waals surface area contributed by atoms with Crippen LogP contribution in [0.15, 0.2) is 0 Å². The van der Waals surface area contributed by atoms with E-state index in [2.05, 4.69) is 0 Å². The molecule has 0 rings (SSSR count). The van der Waals surface area contributed by atoms with Gasteiger partial charge in [0.05, 0.1) is 0 Å². The molecular formula is C3H6Sn3. The number of hydrogen-bond donors (Lipinski definition) is 0. The first kappa shape index (κ1) is 11.2. The van der Waals surface area contributed by atoms with Gasteiger partial charge < -0.3 is 0 Å². The van der Waals surface area contributed by atoms with Crippen molar-refractivity contribution in [2.45, 2.75) is 15.3 Å². The van der Waals surface area contributed by atoms with E-state index < -0.39 is 0 Å². The zero-order valence-electron chi connectivity index (χ0n) is 3.62. The monoisotopic (exact) mass is 402 g/mol. The van der Waals surface area contributed by atoms with Gasteiger partial charge in [-0.2, -0.15) is 0 Å². The maximum absolute atomic E-state index is 1.70. The summed E-state index contributed by atoms with van der Waals surface area (Å²) in [7, 11) is 0. The SMILES string of the molecule is [Sn].[Sn][CH2]C[CH2][Sn]. The minimum absolute atomic E-state index is 0. The Balaban J connectivity index is 0. The molecule has 0 N–H and O–H groups in total. The third-order valence-corrected chi connectivity index (χ3v) is 2.37. The zero-order valence-corrected chi connectivity index (χ0v) is 12.2. The Kier molecular flexibility index (Phi) is 19.4. The third-order valence-electron chi connectivity index (χ3n) is 0.354. The molecular weight excluding hydrogens is 392 g/mol. The summed E-state index contributed by atoms with van der Waals surface area (Å²) in [5.41, 5.74) is 0. The van der Waals surface area contributed by atoms with E-state index in [0.29, 0.717) is 0 Å². The number of hydrogen-bond acceptors (Lipinski definition) is 0. The molecule has 0 nitrogen and oxygen atoms in total. The summed E-state index contributed by atoms with van der Waals surface area (Å²) in [6.45, 7) is 0. The fourth-order valence-electron chi connectivity index (χ4n) is 0.0884. The van der Waals surface area contributed by atoms with Crippen molar-refractivity contribution < 1.29 is 0 Å². The summed E-state index contributed by atoms with van der Waals surface area (Å²) in [6, 6.07) is 0. The van der Waals surface area contributed by atoms with Crippen LogP contribution in [0, 0.1) is 0 Å². The molecule has 0 fully saturated rings. The molecule has 0 aliphatic carbocycles. The van der Waals surface area contributed by atoms with Gasteiger partial charge in [-0.15, -0.1) is 0 Å². The third kappa shape index (κ3) is 9.64. The molecule has 0 saturated carbocycles. The van der Waals surface area contributed by atoms with E-state index in [9.17, 15) is 0 Å². The van der Waals surface area contributed by atoms with Crippen molar-refractivity contribution in [3.63, 3.8) is 0 Å². The van der Waals surface area contributed by atoms with E-state index in [1.165, 1.54) is 15.3 Å². The second-order valence-electron chi connectivity index (χ2n) is 0.854. The van der Waals surface area contributed by atoms with E-state index >= 15 is 0 Å². The van der Waals surface area contributed by atoms with Gasteiger partial charge in [-0.05, 0) is 0 Å². The summed E-state index contributed by atoms with van der Waals surface area (Å²) in [4.78, 5) is 0. The molecule has 0 aromatic rings. The van der Waals surface area contributed by atoms with Crippen molar-refractivity contribution in [3.8, 4) is 0 Å². The topological polar surface area (TPSA) is 0 Å². The Hall–Kier alpha value is 2.40. The van der Waals surface area contributed by atoms with Gasteiger partial charge >= 0.3 is 60.3 Å². The van der Waals surface area contributed by atoms with E-state index in [1.54, 1.807) is 45.0 Å². The molecule has 0 heterocycles. The van der Waals surface area contributed by atoms with Gasteiger partial charge in [0.2, 0.25) is 0 Å².